The lowest BCUT2D eigenvalue weighted by molar-refractivity contribution is -0.148. The smallest absolute Gasteiger partial charge is 0.309 e. The van der Waals surface area contributed by atoms with Gasteiger partial charge < -0.3 is 14.1 Å². The van der Waals surface area contributed by atoms with Crippen molar-refractivity contribution >= 4 is 28.9 Å². The van der Waals surface area contributed by atoms with Crippen molar-refractivity contribution in [1.29, 1.82) is 0 Å². The second-order valence-corrected chi connectivity index (χ2v) is 7.70. The average Bonchev–Trinajstić information content (AvgIpc) is 3.22. The monoisotopic (exact) mass is 406 g/mol. The van der Waals surface area contributed by atoms with Crippen LogP contribution in [0, 0.1) is 5.92 Å². The molecule has 0 atom stereocenters. The predicted molar refractivity (Wildman–Crippen MR) is 115 cm³/mol. The molecule has 0 aliphatic carbocycles. The summed E-state index contributed by atoms with van der Waals surface area (Å²) in [5.74, 6) is -0.677. The Bertz CT molecular complexity index is 984. The maximum Gasteiger partial charge on any atom is 0.309 e. The lowest BCUT2D eigenvalue weighted by atomic mass is 9.97. The molecule has 0 N–H and O–H groups in total. The standard InChI is InChI=1S/C24H26N2O4/c1-2-5-17-8-10-18(11-9-17)21(27)16-29-23(28)19-12-14-26(15-13-19)24-25-20-6-3-4-7-22(20)30-24/h3-4,6-11,19H,2,5,12-16H2,1H3. The first kappa shape index (κ1) is 20.1. The highest BCUT2D eigenvalue weighted by molar-refractivity contribution is 5.98. The Morgan fingerprint density at radius 2 is 1.83 bits per heavy atom. The minimum Gasteiger partial charge on any atom is -0.457 e. The molecule has 0 spiro atoms. The van der Waals surface area contributed by atoms with Gasteiger partial charge in [-0.15, -0.1) is 0 Å². The molecular weight excluding hydrogens is 380 g/mol. The van der Waals surface area contributed by atoms with Gasteiger partial charge in [-0.3, -0.25) is 9.59 Å². The van der Waals surface area contributed by atoms with Crippen LogP contribution in [0.4, 0.5) is 6.01 Å². The molecule has 156 valence electrons. The van der Waals surface area contributed by atoms with Crippen molar-refractivity contribution in [3.63, 3.8) is 0 Å². The molecule has 0 saturated carbocycles. The number of aromatic nitrogens is 1. The Labute approximate surface area is 175 Å². The fraction of sp³-hybridized carbons (Fsp3) is 0.375. The minimum absolute atomic E-state index is 0.171. The molecule has 3 aromatic rings. The molecule has 2 aromatic carbocycles. The number of rotatable bonds is 7. The molecule has 6 nitrogen and oxygen atoms in total. The quantitative estimate of drug-likeness (QED) is 0.427. The fourth-order valence-electron chi connectivity index (χ4n) is 3.79. The molecule has 1 aliphatic heterocycles. The Balaban J connectivity index is 1.26. The van der Waals surface area contributed by atoms with Crippen LogP contribution in [0.3, 0.4) is 0 Å². The third-order valence-corrected chi connectivity index (χ3v) is 5.54. The van der Waals surface area contributed by atoms with Gasteiger partial charge in [0.1, 0.15) is 5.52 Å². The van der Waals surface area contributed by atoms with Crippen LogP contribution in [0.2, 0.25) is 0 Å². The summed E-state index contributed by atoms with van der Waals surface area (Å²) in [5, 5.41) is 0. The molecule has 1 saturated heterocycles. The van der Waals surface area contributed by atoms with E-state index in [1.807, 2.05) is 41.3 Å². The maximum atomic E-state index is 12.4. The summed E-state index contributed by atoms with van der Waals surface area (Å²) in [4.78, 5) is 31.3. The van der Waals surface area contributed by atoms with Gasteiger partial charge >= 0.3 is 5.97 Å². The number of piperidine rings is 1. The molecule has 0 bridgehead atoms. The summed E-state index contributed by atoms with van der Waals surface area (Å²) in [7, 11) is 0. The van der Waals surface area contributed by atoms with Gasteiger partial charge in [0.15, 0.2) is 18.0 Å². The predicted octanol–water partition coefficient (Wildman–Crippen LogP) is 4.42. The molecule has 0 unspecified atom stereocenters. The molecule has 1 aliphatic rings. The first-order valence-corrected chi connectivity index (χ1v) is 10.5. The number of ether oxygens (including phenoxy) is 1. The number of oxazole rings is 1. The number of hydrogen-bond acceptors (Lipinski definition) is 6. The average molecular weight is 406 g/mol. The van der Waals surface area contributed by atoms with Crippen molar-refractivity contribution in [2.24, 2.45) is 5.92 Å². The van der Waals surface area contributed by atoms with E-state index >= 15 is 0 Å². The molecule has 1 aromatic heterocycles. The number of carbonyl (C=O) groups is 2. The number of fused-ring (bicyclic) bond motifs is 1. The first-order chi connectivity index (χ1) is 14.6. The lowest BCUT2D eigenvalue weighted by Crippen LogP contribution is -2.37. The molecular formula is C24H26N2O4. The van der Waals surface area contributed by atoms with Gasteiger partial charge in [0.2, 0.25) is 0 Å². The topological polar surface area (TPSA) is 72.6 Å². The largest absolute Gasteiger partial charge is 0.457 e. The summed E-state index contributed by atoms with van der Waals surface area (Å²) in [6.07, 6.45) is 3.36. The minimum atomic E-state index is -0.303. The van der Waals surface area contributed by atoms with E-state index in [9.17, 15) is 9.59 Å². The number of ketones is 1. The van der Waals surface area contributed by atoms with Crippen molar-refractivity contribution in [2.75, 3.05) is 24.6 Å². The highest BCUT2D eigenvalue weighted by Crippen LogP contribution is 2.26. The highest BCUT2D eigenvalue weighted by Gasteiger charge is 2.28. The van der Waals surface area contributed by atoms with E-state index in [1.165, 1.54) is 5.56 Å². The van der Waals surface area contributed by atoms with Crippen LogP contribution < -0.4 is 4.90 Å². The number of anilines is 1. The van der Waals surface area contributed by atoms with E-state index in [0.717, 1.165) is 23.9 Å². The van der Waals surface area contributed by atoms with Crippen LogP contribution in [0.15, 0.2) is 52.9 Å². The number of hydrogen-bond donors (Lipinski definition) is 0. The van der Waals surface area contributed by atoms with Gasteiger partial charge in [0.05, 0.1) is 5.92 Å². The summed E-state index contributed by atoms with van der Waals surface area (Å²) < 4.78 is 11.1. The molecule has 4 rings (SSSR count). The summed E-state index contributed by atoms with van der Waals surface area (Å²) >= 11 is 0. The number of nitrogens with zero attached hydrogens (tertiary/aromatic N) is 2. The number of aryl methyl sites for hydroxylation is 1. The van der Waals surface area contributed by atoms with Crippen molar-refractivity contribution in [3.05, 3.63) is 59.7 Å². The van der Waals surface area contributed by atoms with E-state index in [0.29, 0.717) is 37.5 Å². The number of para-hydroxylation sites is 2. The Kier molecular flexibility index (Phi) is 6.12. The third-order valence-electron chi connectivity index (χ3n) is 5.54. The summed E-state index contributed by atoms with van der Waals surface area (Å²) in [5.41, 5.74) is 3.37. The van der Waals surface area contributed by atoms with Crippen LogP contribution in [-0.4, -0.2) is 36.4 Å². The molecule has 1 fully saturated rings. The van der Waals surface area contributed by atoms with Crippen LogP contribution in [0.5, 0.6) is 0 Å². The highest BCUT2D eigenvalue weighted by atomic mass is 16.5. The van der Waals surface area contributed by atoms with Crippen molar-refractivity contribution in [3.8, 4) is 0 Å². The molecule has 0 radical (unpaired) electrons. The fourth-order valence-corrected chi connectivity index (χ4v) is 3.79. The SMILES string of the molecule is CCCc1ccc(C(=O)COC(=O)C2CCN(c3nc4ccccc4o3)CC2)cc1. The van der Waals surface area contributed by atoms with Crippen LogP contribution >= 0.6 is 0 Å². The molecule has 2 heterocycles. The van der Waals surface area contributed by atoms with E-state index in [1.54, 1.807) is 12.1 Å². The summed E-state index contributed by atoms with van der Waals surface area (Å²) in [6, 6.07) is 15.8. The Hall–Kier alpha value is -3.15. The normalized spacial score (nSPS) is 14.8. The third kappa shape index (κ3) is 4.53. The van der Waals surface area contributed by atoms with Gasteiger partial charge in [-0.1, -0.05) is 49.7 Å². The summed E-state index contributed by atoms with van der Waals surface area (Å²) in [6.45, 7) is 3.24. The van der Waals surface area contributed by atoms with Gasteiger partial charge in [0.25, 0.3) is 6.01 Å². The van der Waals surface area contributed by atoms with E-state index < -0.39 is 0 Å². The van der Waals surface area contributed by atoms with Gasteiger partial charge in [-0.2, -0.15) is 4.98 Å². The van der Waals surface area contributed by atoms with E-state index in [4.69, 9.17) is 9.15 Å². The van der Waals surface area contributed by atoms with Gasteiger partial charge in [0, 0.05) is 18.7 Å². The number of esters is 1. The van der Waals surface area contributed by atoms with Gasteiger partial charge in [-0.25, -0.2) is 0 Å². The van der Waals surface area contributed by atoms with Crippen LogP contribution in [-0.2, 0) is 16.0 Å². The zero-order valence-electron chi connectivity index (χ0n) is 17.2. The first-order valence-electron chi connectivity index (χ1n) is 10.5. The van der Waals surface area contributed by atoms with Crippen molar-refractivity contribution in [2.45, 2.75) is 32.6 Å². The lowest BCUT2D eigenvalue weighted by Gasteiger charge is -2.29. The van der Waals surface area contributed by atoms with Crippen molar-refractivity contribution in [1.82, 2.24) is 4.98 Å². The molecule has 0 amide bonds. The van der Waals surface area contributed by atoms with Gasteiger partial charge in [-0.05, 0) is 37.0 Å². The Morgan fingerprint density at radius 1 is 1.10 bits per heavy atom. The molecule has 30 heavy (non-hydrogen) atoms. The van der Waals surface area contributed by atoms with Crippen molar-refractivity contribution < 1.29 is 18.7 Å². The molecule has 6 heteroatoms. The number of Topliss-reactive ketones (excluding diaryl/α,β-unsaturated/α-hetero) is 1. The zero-order valence-corrected chi connectivity index (χ0v) is 17.2. The zero-order chi connectivity index (χ0) is 20.9. The Morgan fingerprint density at radius 3 is 2.53 bits per heavy atom. The van der Waals surface area contributed by atoms with E-state index in [-0.39, 0.29) is 24.3 Å². The number of benzene rings is 2. The second-order valence-electron chi connectivity index (χ2n) is 7.70. The maximum absolute atomic E-state index is 12.4. The van der Waals surface area contributed by atoms with Crippen LogP contribution in [0.1, 0.15) is 42.1 Å². The second kappa shape index (κ2) is 9.11. The van der Waals surface area contributed by atoms with E-state index in [2.05, 4.69) is 11.9 Å². The number of carbonyl (C=O) groups excluding carboxylic acids is 2. The van der Waals surface area contributed by atoms with Crippen LogP contribution in [0.25, 0.3) is 11.1 Å².